The van der Waals surface area contributed by atoms with E-state index in [1.165, 1.54) is 26.8 Å². The average Bonchev–Trinajstić information content (AvgIpc) is 2.96. The summed E-state index contributed by atoms with van der Waals surface area (Å²) in [6, 6.07) is 0. The Kier molecular flexibility index (Phi) is 3.46. The Morgan fingerprint density at radius 2 is 2.24 bits per heavy atom. The third-order valence-corrected chi connectivity index (χ3v) is 4.40. The van der Waals surface area contributed by atoms with Crippen molar-refractivity contribution in [3.05, 3.63) is 33.7 Å². The summed E-state index contributed by atoms with van der Waals surface area (Å²) in [7, 11) is 0. The third kappa shape index (κ3) is 2.42. The fourth-order valence-corrected chi connectivity index (χ4v) is 3.18. The molecule has 8 heteroatoms. The Bertz CT molecular complexity index is 766. The highest BCUT2D eigenvalue weighted by molar-refractivity contribution is 7.15. The van der Waals surface area contributed by atoms with Crippen LogP contribution in [0.2, 0.25) is 0 Å². The molecule has 0 spiro atoms. The van der Waals surface area contributed by atoms with Gasteiger partial charge in [-0.25, -0.2) is 4.98 Å². The number of carbonyl (C=O) groups excluding carboxylic acids is 1. The van der Waals surface area contributed by atoms with Gasteiger partial charge in [-0.1, -0.05) is 0 Å². The molecule has 1 amide bonds. The first-order chi connectivity index (χ1) is 10.1. The first kappa shape index (κ1) is 13.7. The number of nitrogens with zero attached hydrogens (tertiary/aromatic N) is 3. The van der Waals surface area contributed by atoms with E-state index in [9.17, 15) is 14.4 Å². The van der Waals surface area contributed by atoms with Crippen LogP contribution in [0.15, 0.2) is 22.6 Å². The summed E-state index contributed by atoms with van der Waals surface area (Å²) in [6.45, 7) is 0.605. The van der Waals surface area contributed by atoms with Crippen molar-refractivity contribution in [3.8, 4) is 0 Å². The fourth-order valence-electron chi connectivity index (χ4n) is 2.50. The van der Waals surface area contributed by atoms with Gasteiger partial charge in [0.05, 0.1) is 5.92 Å². The minimum absolute atomic E-state index is 0.0167. The van der Waals surface area contributed by atoms with Crippen molar-refractivity contribution in [2.75, 3.05) is 13.1 Å². The molecule has 1 aliphatic heterocycles. The summed E-state index contributed by atoms with van der Waals surface area (Å²) in [6.07, 6.45) is 4.03. The van der Waals surface area contributed by atoms with Crippen LogP contribution < -0.4 is 5.56 Å². The molecule has 1 saturated heterocycles. The molecule has 1 atom stereocenters. The maximum Gasteiger partial charge on any atom is 0.308 e. The lowest BCUT2D eigenvalue weighted by atomic mass is 9.98. The topological polar surface area (TPSA) is 92.0 Å². The summed E-state index contributed by atoms with van der Waals surface area (Å²) in [5.41, 5.74) is -0.430. The molecule has 0 aromatic carbocycles. The van der Waals surface area contributed by atoms with Crippen molar-refractivity contribution in [1.29, 1.82) is 0 Å². The summed E-state index contributed by atoms with van der Waals surface area (Å²) >= 11 is 1.31. The molecule has 0 radical (unpaired) electrons. The van der Waals surface area contributed by atoms with Crippen LogP contribution in [0.1, 0.15) is 23.2 Å². The quantitative estimate of drug-likeness (QED) is 0.881. The highest BCUT2D eigenvalue weighted by Crippen LogP contribution is 2.18. The highest BCUT2D eigenvalue weighted by atomic mass is 32.1. The molecular formula is C13H13N3O4S. The van der Waals surface area contributed by atoms with E-state index in [-0.39, 0.29) is 12.1 Å². The molecule has 110 valence electrons. The smallest absolute Gasteiger partial charge is 0.308 e. The monoisotopic (exact) mass is 307 g/mol. The number of aromatic nitrogens is 2. The summed E-state index contributed by atoms with van der Waals surface area (Å²) < 4.78 is 1.33. The number of fused-ring (bicyclic) bond motifs is 1. The maximum absolute atomic E-state index is 12.4. The van der Waals surface area contributed by atoms with Crippen molar-refractivity contribution in [3.63, 3.8) is 0 Å². The fraction of sp³-hybridized carbons (Fsp3) is 0.385. The van der Waals surface area contributed by atoms with E-state index in [1.807, 2.05) is 0 Å². The van der Waals surface area contributed by atoms with Gasteiger partial charge in [-0.2, -0.15) is 0 Å². The minimum atomic E-state index is -0.907. The van der Waals surface area contributed by atoms with E-state index >= 15 is 0 Å². The zero-order chi connectivity index (χ0) is 15.0. The number of carboxylic acid groups (broad SMARTS) is 1. The molecular weight excluding hydrogens is 294 g/mol. The Labute approximate surface area is 123 Å². The number of aliphatic carboxylic acids is 1. The van der Waals surface area contributed by atoms with Crippen molar-refractivity contribution < 1.29 is 14.7 Å². The Morgan fingerprint density at radius 1 is 1.43 bits per heavy atom. The Balaban J connectivity index is 1.91. The zero-order valence-electron chi connectivity index (χ0n) is 11.1. The van der Waals surface area contributed by atoms with E-state index in [4.69, 9.17) is 5.11 Å². The lowest BCUT2D eigenvalue weighted by molar-refractivity contribution is -0.143. The van der Waals surface area contributed by atoms with Gasteiger partial charge in [-0.15, -0.1) is 11.3 Å². The van der Waals surface area contributed by atoms with Crippen LogP contribution >= 0.6 is 11.3 Å². The third-order valence-electron chi connectivity index (χ3n) is 3.63. The van der Waals surface area contributed by atoms with E-state index in [0.29, 0.717) is 24.3 Å². The number of hydrogen-bond acceptors (Lipinski definition) is 5. The number of piperidine rings is 1. The minimum Gasteiger partial charge on any atom is -0.481 e. The van der Waals surface area contributed by atoms with Gasteiger partial charge < -0.3 is 10.0 Å². The molecule has 0 saturated carbocycles. The first-order valence-corrected chi connectivity index (χ1v) is 7.43. The number of carboxylic acids is 1. The number of rotatable bonds is 2. The van der Waals surface area contributed by atoms with Crippen LogP contribution in [0.3, 0.4) is 0 Å². The van der Waals surface area contributed by atoms with Gasteiger partial charge >= 0.3 is 5.97 Å². The van der Waals surface area contributed by atoms with Gasteiger partial charge in [0.25, 0.3) is 11.5 Å². The van der Waals surface area contributed by atoms with Gasteiger partial charge in [-0.05, 0) is 12.8 Å². The SMILES string of the molecule is O=C(O)[C@H]1CCCN(C(=O)c2cnc3sccn3c2=O)C1. The zero-order valence-corrected chi connectivity index (χ0v) is 11.9. The van der Waals surface area contributed by atoms with Gasteiger partial charge in [-0.3, -0.25) is 18.8 Å². The van der Waals surface area contributed by atoms with Crippen molar-refractivity contribution >= 4 is 28.2 Å². The number of carbonyl (C=O) groups is 2. The molecule has 2 aromatic rings. The van der Waals surface area contributed by atoms with Gasteiger partial charge in [0.2, 0.25) is 0 Å². The Morgan fingerprint density at radius 3 is 3.00 bits per heavy atom. The standard InChI is InChI=1S/C13H13N3O4S/c17-10(15-3-1-2-8(7-15)12(19)20)9-6-14-13-16(11(9)18)4-5-21-13/h4-6,8H,1-3,7H2,(H,19,20)/t8-/m0/s1. The average molecular weight is 307 g/mol. The van der Waals surface area contributed by atoms with Crippen LogP contribution in [0.25, 0.3) is 4.96 Å². The van der Waals surface area contributed by atoms with Crippen LogP contribution in [-0.4, -0.2) is 44.4 Å². The molecule has 2 aromatic heterocycles. The number of likely N-dealkylation sites (tertiary alicyclic amines) is 1. The second kappa shape index (κ2) is 5.28. The predicted octanol–water partition coefficient (Wildman–Crippen LogP) is 0.693. The van der Waals surface area contributed by atoms with Gasteiger partial charge in [0.1, 0.15) is 5.56 Å². The molecule has 1 N–H and O–H groups in total. The molecule has 1 fully saturated rings. The van der Waals surface area contributed by atoms with Gasteiger partial charge in [0, 0.05) is 30.9 Å². The van der Waals surface area contributed by atoms with E-state index < -0.39 is 23.4 Å². The van der Waals surface area contributed by atoms with Crippen LogP contribution in [0.5, 0.6) is 0 Å². The number of hydrogen-bond donors (Lipinski definition) is 1. The maximum atomic E-state index is 12.4. The van der Waals surface area contributed by atoms with Gasteiger partial charge in [0.15, 0.2) is 4.96 Å². The van der Waals surface area contributed by atoms with E-state index in [2.05, 4.69) is 4.98 Å². The summed E-state index contributed by atoms with van der Waals surface area (Å²) in [4.78, 5) is 41.8. The molecule has 0 aliphatic carbocycles. The second-order valence-corrected chi connectivity index (χ2v) is 5.83. The van der Waals surface area contributed by atoms with Crippen molar-refractivity contribution in [2.45, 2.75) is 12.8 Å². The van der Waals surface area contributed by atoms with Crippen molar-refractivity contribution in [1.82, 2.24) is 14.3 Å². The first-order valence-electron chi connectivity index (χ1n) is 6.55. The van der Waals surface area contributed by atoms with Crippen LogP contribution in [0.4, 0.5) is 0 Å². The molecule has 1 aliphatic rings. The van der Waals surface area contributed by atoms with Crippen molar-refractivity contribution in [2.24, 2.45) is 5.92 Å². The number of amides is 1. The lowest BCUT2D eigenvalue weighted by Gasteiger charge is -2.30. The molecule has 3 heterocycles. The molecule has 21 heavy (non-hydrogen) atoms. The predicted molar refractivity (Wildman–Crippen MR) is 75.6 cm³/mol. The lowest BCUT2D eigenvalue weighted by Crippen LogP contribution is -2.44. The highest BCUT2D eigenvalue weighted by Gasteiger charge is 2.30. The molecule has 0 unspecified atom stereocenters. The van der Waals surface area contributed by atoms with E-state index in [0.717, 1.165) is 0 Å². The van der Waals surface area contributed by atoms with Crippen LogP contribution in [0, 0.1) is 5.92 Å². The summed E-state index contributed by atoms with van der Waals surface area (Å²) in [5.74, 6) is -1.92. The Hall–Kier alpha value is -2.22. The normalized spacial score (nSPS) is 18.9. The van der Waals surface area contributed by atoms with E-state index in [1.54, 1.807) is 11.6 Å². The molecule has 7 nitrogen and oxygen atoms in total. The molecule has 0 bridgehead atoms. The molecule has 3 rings (SSSR count). The second-order valence-electron chi connectivity index (χ2n) is 4.96. The largest absolute Gasteiger partial charge is 0.481 e. The summed E-state index contributed by atoms with van der Waals surface area (Å²) in [5, 5.41) is 10.8. The number of thiazole rings is 1. The van der Waals surface area contributed by atoms with Crippen LogP contribution in [-0.2, 0) is 4.79 Å².